The van der Waals surface area contributed by atoms with Crippen LogP contribution in [0.2, 0.25) is 0 Å². The van der Waals surface area contributed by atoms with E-state index in [0.29, 0.717) is 12.8 Å². The van der Waals surface area contributed by atoms with E-state index in [1.165, 1.54) is 11.3 Å². The molecule has 6 heteroatoms. The molecule has 1 unspecified atom stereocenters. The maximum absolute atomic E-state index is 12.0. The number of amides is 2. The first-order chi connectivity index (χ1) is 7.99. The molecule has 2 N–H and O–H groups in total. The summed E-state index contributed by atoms with van der Waals surface area (Å²) in [6, 6.07) is -0.401. The molecule has 0 saturated carbocycles. The van der Waals surface area contributed by atoms with Gasteiger partial charge in [0.2, 0.25) is 11.8 Å². The van der Waals surface area contributed by atoms with Crippen LogP contribution in [0.15, 0.2) is 11.6 Å². The zero-order valence-electron chi connectivity index (χ0n) is 9.82. The van der Waals surface area contributed by atoms with Crippen LogP contribution in [0.5, 0.6) is 0 Å². The molecule has 2 heterocycles. The predicted molar refractivity (Wildman–Crippen MR) is 64.4 cm³/mol. The highest BCUT2D eigenvalue weighted by atomic mass is 32.1. The lowest BCUT2D eigenvalue weighted by molar-refractivity contribution is -0.127. The molecule has 0 aromatic carbocycles. The van der Waals surface area contributed by atoms with Gasteiger partial charge in [0.1, 0.15) is 11.0 Å². The minimum Gasteiger partial charge on any atom is -0.344 e. The van der Waals surface area contributed by atoms with Crippen LogP contribution in [0.25, 0.3) is 0 Å². The van der Waals surface area contributed by atoms with Gasteiger partial charge in [-0.15, -0.1) is 11.3 Å². The molecule has 1 atom stereocenters. The second-order valence-corrected chi connectivity index (χ2v) is 5.50. The van der Waals surface area contributed by atoms with Gasteiger partial charge in [-0.2, -0.15) is 0 Å². The third-order valence-electron chi connectivity index (χ3n) is 2.71. The molecular formula is C11H15N3O2S. The third kappa shape index (κ3) is 2.63. The van der Waals surface area contributed by atoms with Crippen LogP contribution < -0.4 is 10.6 Å². The van der Waals surface area contributed by atoms with E-state index in [-0.39, 0.29) is 11.8 Å². The summed E-state index contributed by atoms with van der Waals surface area (Å²) in [5.41, 5.74) is -0.501. The Morgan fingerprint density at radius 2 is 2.41 bits per heavy atom. The van der Waals surface area contributed by atoms with Crippen molar-refractivity contribution in [3.63, 3.8) is 0 Å². The smallest absolute Gasteiger partial charge is 0.243 e. The Morgan fingerprint density at radius 1 is 1.65 bits per heavy atom. The summed E-state index contributed by atoms with van der Waals surface area (Å²) in [7, 11) is 0. The van der Waals surface area contributed by atoms with Crippen LogP contribution in [0, 0.1) is 0 Å². The number of nitrogens with one attached hydrogen (secondary N) is 2. The Balaban J connectivity index is 2.01. The minimum atomic E-state index is -0.501. The van der Waals surface area contributed by atoms with Crippen molar-refractivity contribution in [2.45, 2.75) is 38.3 Å². The lowest BCUT2D eigenvalue weighted by Gasteiger charge is -2.25. The third-order valence-corrected chi connectivity index (χ3v) is 3.81. The van der Waals surface area contributed by atoms with Gasteiger partial charge in [-0.1, -0.05) is 0 Å². The first-order valence-electron chi connectivity index (χ1n) is 5.50. The zero-order valence-corrected chi connectivity index (χ0v) is 10.6. The van der Waals surface area contributed by atoms with Crippen molar-refractivity contribution >= 4 is 23.2 Å². The van der Waals surface area contributed by atoms with E-state index in [2.05, 4.69) is 15.6 Å². The van der Waals surface area contributed by atoms with Gasteiger partial charge in [0, 0.05) is 18.0 Å². The number of nitrogens with zero attached hydrogens (tertiary/aromatic N) is 1. The van der Waals surface area contributed by atoms with E-state index in [9.17, 15) is 9.59 Å². The Kier molecular flexibility index (Phi) is 3.15. The monoisotopic (exact) mass is 253 g/mol. The SMILES string of the molecule is CC(C)(NC(=O)C1CCC(=O)N1)c1nccs1. The molecule has 1 saturated heterocycles. The second-order valence-electron chi connectivity index (χ2n) is 4.61. The van der Waals surface area contributed by atoms with Crippen LogP contribution in [0.1, 0.15) is 31.7 Å². The van der Waals surface area contributed by atoms with Gasteiger partial charge in [0.05, 0.1) is 5.54 Å². The van der Waals surface area contributed by atoms with Crippen LogP contribution in [-0.2, 0) is 15.1 Å². The number of thiazole rings is 1. The van der Waals surface area contributed by atoms with E-state index in [1.807, 2.05) is 19.2 Å². The summed E-state index contributed by atoms with van der Waals surface area (Å²) in [4.78, 5) is 27.2. The van der Waals surface area contributed by atoms with Gasteiger partial charge < -0.3 is 10.6 Å². The topological polar surface area (TPSA) is 71.1 Å². The Labute approximate surface area is 104 Å². The molecule has 1 aromatic rings. The molecule has 17 heavy (non-hydrogen) atoms. The number of carbonyl (C=O) groups excluding carboxylic acids is 2. The summed E-state index contributed by atoms with van der Waals surface area (Å²) in [6.07, 6.45) is 2.71. The number of hydrogen-bond acceptors (Lipinski definition) is 4. The van der Waals surface area contributed by atoms with Crippen LogP contribution >= 0.6 is 11.3 Å². The van der Waals surface area contributed by atoms with E-state index in [0.717, 1.165) is 5.01 Å². The molecule has 0 bridgehead atoms. The van der Waals surface area contributed by atoms with E-state index >= 15 is 0 Å². The molecule has 2 amide bonds. The molecule has 2 rings (SSSR count). The maximum atomic E-state index is 12.0. The van der Waals surface area contributed by atoms with Crippen LogP contribution in [-0.4, -0.2) is 22.8 Å². The van der Waals surface area contributed by atoms with Crippen molar-refractivity contribution in [1.82, 2.24) is 15.6 Å². The molecule has 92 valence electrons. The van der Waals surface area contributed by atoms with E-state index < -0.39 is 11.6 Å². The van der Waals surface area contributed by atoms with Crippen LogP contribution in [0.3, 0.4) is 0 Å². The fourth-order valence-electron chi connectivity index (χ4n) is 1.79. The van der Waals surface area contributed by atoms with Gasteiger partial charge in [0.25, 0.3) is 0 Å². The number of aromatic nitrogens is 1. The molecule has 1 aliphatic heterocycles. The zero-order chi connectivity index (χ0) is 12.5. The molecule has 5 nitrogen and oxygen atoms in total. The quantitative estimate of drug-likeness (QED) is 0.836. The average molecular weight is 253 g/mol. The maximum Gasteiger partial charge on any atom is 0.243 e. The van der Waals surface area contributed by atoms with E-state index in [4.69, 9.17) is 0 Å². The van der Waals surface area contributed by atoms with Gasteiger partial charge in [-0.3, -0.25) is 9.59 Å². The minimum absolute atomic E-state index is 0.0581. The van der Waals surface area contributed by atoms with Gasteiger partial charge >= 0.3 is 0 Å². The van der Waals surface area contributed by atoms with Gasteiger partial charge in [-0.05, 0) is 20.3 Å². The lowest BCUT2D eigenvalue weighted by Crippen LogP contribution is -2.49. The molecule has 1 fully saturated rings. The molecular weight excluding hydrogens is 238 g/mol. The van der Waals surface area contributed by atoms with Crippen molar-refractivity contribution in [2.24, 2.45) is 0 Å². The van der Waals surface area contributed by atoms with Crippen molar-refractivity contribution in [3.8, 4) is 0 Å². The molecule has 1 aliphatic rings. The summed E-state index contributed by atoms with van der Waals surface area (Å²) in [5, 5.41) is 8.30. The fraction of sp³-hybridized carbons (Fsp3) is 0.545. The largest absolute Gasteiger partial charge is 0.344 e. The van der Waals surface area contributed by atoms with Crippen molar-refractivity contribution in [2.75, 3.05) is 0 Å². The molecule has 0 spiro atoms. The summed E-state index contributed by atoms with van der Waals surface area (Å²) in [5.74, 6) is -0.201. The highest BCUT2D eigenvalue weighted by molar-refractivity contribution is 7.09. The van der Waals surface area contributed by atoms with E-state index in [1.54, 1.807) is 6.20 Å². The van der Waals surface area contributed by atoms with Gasteiger partial charge in [0.15, 0.2) is 0 Å². The van der Waals surface area contributed by atoms with Crippen molar-refractivity contribution < 1.29 is 9.59 Å². The lowest BCUT2D eigenvalue weighted by atomic mass is 10.1. The Bertz CT molecular complexity index is 428. The van der Waals surface area contributed by atoms with Crippen molar-refractivity contribution in [3.05, 3.63) is 16.6 Å². The molecule has 0 aliphatic carbocycles. The van der Waals surface area contributed by atoms with Gasteiger partial charge in [-0.25, -0.2) is 4.98 Å². The summed E-state index contributed by atoms with van der Waals surface area (Å²) in [6.45, 7) is 3.81. The van der Waals surface area contributed by atoms with Crippen LogP contribution in [0.4, 0.5) is 0 Å². The standard InChI is InChI=1S/C11H15N3O2S/c1-11(2,10-12-5-6-17-10)14-9(16)7-3-4-8(15)13-7/h5-7H,3-4H2,1-2H3,(H,13,15)(H,14,16). The van der Waals surface area contributed by atoms with Crippen molar-refractivity contribution in [1.29, 1.82) is 0 Å². The number of hydrogen-bond donors (Lipinski definition) is 2. The highest BCUT2D eigenvalue weighted by Gasteiger charge is 2.32. The number of rotatable bonds is 3. The Morgan fingerprint density at radius 3 is 2.94 bits per heavy atom. The normalized spacial score (nSPS) is 20.1. The fourth-order valence-corrected chi connectivity index (χ4v) is 2.51. The average Bonchev–Trinajstić information content (AvgIpc) is 2.86. The first kappa shape index (κ1) is 12.0. The Hall–Kier alpha value is -1.43. The molecule has 1 aromatic heterocycles. The number of carbonyl (C=O) groups is 2. The highest BCUT2D eigenvalue weighted by Crippen LogP contribution is 2.22. The first-order valence-corrected chi connectivity index (χ1v) is 6.38. The summed E-state index contributed by atoms with van der Waals surface area (Å²) >= 11 is 1.50. The molecule has 0 radical (unpaired) electrons. The second kappa shape index (κ2) is 4.44. The predicted octanol–water partition coefficient (Wildman–Crippen LogP) is 0.773. The summed E-state index contributed by atoms with van der Waals surface area (Å²) < 4.78 is 0.